The maximum absolute atomic E-state index is 12.3. The molecular weight excluding hydrogens is 182 g/mol. The average molecular weight is 183 g/mol. The zero-order valence-corrected chi connectivity index (χ0v) is 5.74. The average Bonchev–Trinajstić information content (AvgIpc) is 1.97. The second-order valence-electron chi connectivity index (χ2n) is 1.71. The van der Waals surface area contributed by atoms with Crippen molar-refractivity contribution in [1.82, 2.24) is 4.98 Å². The molecule has 0 spiro atoms. The summed E-state index contributed by atoms with van der Waals surface area (Å²) in [5, 5.41) is 0. The van der Waals surface area contributed by atoms with Crippen molar-refractivity contribution < 1.29 is 17.6 Å². The predicted octanol–water partition coefficient (Wildman–Crippen LogP) is 2.30. The maximum Gasteiger partial charge on any atom is 0.231 e. The normalized spacial score (nSPS) is 10.2. The molecule has 11 heavy (non-hydrogen) atoms. The van der Waals surface area contributed by atoms with Gasteiger partial charge in [0.25, 0.3) is 0 Å². The highest BCUT2D eigenvalue weighted by Crippen LogP contribution is 2.10. The Morgan fingerprint density at radius 1 is 0.909 bits per heavy atom. The van der Waals surface area contributed by atoms with Gasteiger partial charge in [-0.05, 0) is 0 Å². The van der Waals surface area contributed by atoms with Crippen LogP contribution in [0, 0.1) is 28.0 Å². The highest BCUT2D eigenvalue weighted by Gasteiger charge is 2.12. The summed E-state index contributed by atoms with van der Waals surface area (Å²) in [5.41, 5.74) is 0. The summed E-state index contributed by atoms with van der Waals surface area (Å²) in [4.78, 5) is 1.20. The third kappa shape index (κ3) is 1.25. The van der Waals surface area contributed by atoms with E-state index in [1.807, 2.05) is 0 Å². The molecule has 0 aliphatic carbocycles. The molecule has 0 amide bonds. The van der Waals surface area contributed by atoms with Crippen LogP contribution in [0.2, 0.25) is 0 Å². The molecule has 6 heteroatoms. The molecule has 0 aliphatic heterocycles. The SMILES string of the molecule is Fc1[nH]c(F)c(F)c(=S)c1F. The molecule has 1 rings (SSSR count). The summed E-state index contributed by atoms with van der Waals surface area (Å²) in [6.07, 6.45) is 0. The zero-order valence-electron chi connectivity index (χ0n) is 4.92. The number of pyridine rings is 1. The number of rotatable bonds is 0. The maximum atomic E-state index is 12.3. The lowest BCUT2D eigenvalue weighted by molar-refractivity contribution is 0.403. The predicted molar refractivity (Wildman–Crippen MR) is 31.5 cm³/mol. The quantitative estimate of drug-likeness (QED) is 0.370. The van der Waals surface area contributed by atoms with Crippen LogP contribution >= 0.6 is 12.2 Å². The van der Waals surface area contributed by atoms with Crippen LogP contribution in [0.5, 0.6) is 0 Å². The Morgan fingerprint density at radius 2 is 1.27 bits per heavy atom. The van der Waals surface area contributed by atoms with E-state index in [0.29, 0.717) is 0 Å². The van der Waals surface area contributed by atoms with E-state index in [1.165, 1.54) is 4.98 Å². The molecule has 1 nitrogen and oxygen atoms in total. The van der Waals surface area contributed by atoms with Crippen LogP contribution in [0.4, 0.5) is 17.6 Å². The number of aromatic nitrogens is 1. The van der Waals surface area contributed by atoms with E-state index in [4.69, 9.17) is 0 Å². The van der Waals surface area contributed by atoms with E-state index in [0.717, 1.165) is 0 Å². The standard InChI is InChI=1S/C5HF4NS/c6-1-3(11)2(7)5(9)10-4(1)8/h(H,10,11). The molecule has 1 heterocycles. The molecule has 0 atom stereocenters. The first-order valence-corrected chi connectivity index (χ1v) is 2.87. The van der Waals surface area contributed by atoms with E-state index < -0.39 is 28.0 Å². The van der Waals surface area contributed by atoms with Crippen LogP contribution in [0.3, 0.4) is 0 Å². The second-order valence-corrected chi connectivity index (χ2v) is 2.12. The van der Waals surface area contributed by atoms with Gasteiger partial charge in [0, 0.05) is 0 Å². The van der Waals surface area contributed by atoms with Crippen molar-refractivity contribution in [2.75, 3.05) is 0 Å². The number of hydrogen-bond acceptors (Lipinski definition) is 1. The molecule has 0 aromatic carbocycles. The van der Waals surface area contributed by atoms with Crippen LogP contribution in [0.15, 0.2) is 0 Å². The fraction of sp³-hybridized carbons (Fsp3) is 0. The molecule has 0 bridgehead atoms. The van der Waals surface area contributed by atoms with Crippen molar-refractivity contribution in [2.45, 2.75) is 0 Å². The minimum Gasteiger partial charge on any atom is -0.303 e. The number of aromatic amines is 1. The monoisotopic (exact) mass is 183 g/mol. The van der Waals surface area contributed by atoms with Crippen molar-refractivity contribution in [1.29, 1.82) is 0 Å². The molecule has 1 N–H and O–H groups in total. The Labute approximate surface area is 63.7 Å². The number of H-pyrrole nitrogens is 1. The van der Waals surface area contributed by atoms with Crippen LogP contribution < -0.4 is 0 Å². The van der Waals surface area contributed by atoms with Crippen LogP contribution in [-0.2, 0) is 0 Å². The van der Waals surface area contributed by atoms with Gasteiger partial charge in [-0.25, -0.2) is 8.78 Å². The van der Waals surface area contributed by atoms with E-state index in [2.05, 4.69) is 12.2 Å². The second kappa shape index (κ2) is 2.61. The molecular formula is C5HF4NS. The number of nitrogens with one attached hydrogen (secondary N) is 1. The molecule has 0 radical (unpaired) electrons. The fourth-order valence-electron chi connectivity index (χ4n) is 0.502. The van der Waals surface area contributed by atoms with Gasteiger partial charge >= 0.3 is 0 Å². The van der Waals surface area contributed by atoms with E-state index in [-0.39, 0.29) is 0 Å². The van der Waals surface area contributed by atoms with Crippen LogP contribution in [0.1, 0.15) is 0 Å². The minimum atomic E-state index is -1.60. The third-order valence-electron chi connectivity index (χ3n) is 1.00. The van der Waals surface area contributed by atoms with Gasteiger partial charge in [0.05, 0.1) is 0 Å². The van der Waals surface area contributed by atoms with Crippen molar-refractivity contribution in [3.05, 3.63) is 28.0 Å². The highest BCUT2D eigenvalue weighted by molar-refractivity contribution is 7.71. The lowest BCUT2D eigenvalue weighted by Gasteiger charge is -1.95. The van der Waals surface area contributed by atoms with Gasteiger partial charge < -0.3 is 4.98 Å². The van der Waals surface area contributed by atoms with Crippen molar-refractivity contribution in [3.63, 3.8) is 0 Å². The van der Waals surface area contributed by atoms with Gasteiger partial charge in [-0.1, -0.05) is 12.2 Å². The lowest BCUT2D eigenvalue weighted by atomic mass is 10.4. The molecule has 1 aromatic rings. The first-order chi connectivity index (χ1) is 5.04. The highest BCUT2D eigenvalue weighted by atomic mass is 32.1. The van der Waals surface area contributed by atoms with Gasteiger partial charge in [0.2, 0.25) is 11.9 Å². The van der Waals surface area contributed by atoms with Gasteiger partial charge in [-0.3, -0.25) is 0 Å². The van der Waals surface area contributed by atoms with Crippen molar-refractivity contribution in [2.24, 2.45) is 0 Å². The number of halogens is 4. The summed E-state index contributed by atoms with van der Waals surface area (Å²) in [6.45, 7) is 0. The van der Waals surface area contributed by atoms with E-state index in [9.17, 15) is 17.6 Å². The first-order valence-electron chi connectivity index (χ1n) is 2.46. The lowest BCUT2D eigenvalue weighted by Crippen LogP contribution is -1.99. The Hall–Kier alpha value is -0.910. The molecule has 0 fully saturated rings. The van der Waals surface area contributed by atoms with Gasteiger partial charge in [-0.2, -0.15) is 8.78 Å². The largest absolute Gasteiger partial charge is 0.303 e. The van der Waals surface area contributed by atoms with E-state index in [1.54, 1.807) is 0 Å². The smallest absolute Gasteiger partial charge is 0.231 e. The summed E-state index contributed by atoms with van der Waals surface area (Å²) in [6, 6.07) is 0. The van der Waals surface area contributed by atoms with Gasteiger partial charge in [0.15, 0.2) is 11.6 Å². The Kier molecular flexibility index (Phi) is 1.95. The van der Waals surface area contributed by atoms with Crippen LogP contribution in [-0.4, -0.2) is 4.98 Å². The summed E-state index contributed by atoms with van der Waals surface area (Å²) in [7, 11) is 0. The Balaban J connectivity index is 3.59. The molecule has 0 aliphatic rings. The topological polar surface area (TPSA) is 15.8 Å². The molecule has 60 valence electrons. The Bertz CT molecular complexity index is 316. The third-order valence-corrected chi connectivity index (χ3v) is 1.36. The first kappa shape index (κ1) is 8.19. The zero-order chi connectivity index (χ0) is 8.59. The number of hydrogen-bond donors (Lipinski definition) is 1. The summed E-state index contributed by atoms with van der Waals surface area (Å²) < 4.78 is 47.7. The minimum absolute atomic E-state index is 1.08. The van der Waals surface area contributed by atoms with E-state index >= 15 is 0 Å². The summed E-state index contributed by atoms with van der Waals surface area (Å²) in [5.74, 6) is -6.37. The molecule has 0 saturated carbocycles. The van der Waals surface area contributed by atoms with Gasteiger partial charge in [0.1, 0.15) is 4.51 Å². The fourth-order valence-corrected chi connectivity index (χ4v) is 0.681. The molecule has 0 saturated heterocycles. The molecule has 0 unspecified atom stereocenters. The Morgan fingerprint density at radius 3 is 1.64 bits per heavy atom. The van der Waals surface area contributed by atoms with Crippen LogP contribution in [0.25, 0.3) is 0 Å². The van der Waals surface area contributed by atoms with Crippen molar-refractivity contribution >= 4 is 12.2 Å². The summed E-state index contributed by atoms with van der Waals surface area (Å²) >= 11 is 4.02. The molecule has 1 aromatic heterocycles. The van der Waals surface area contributed by atoms with Crippen molar-refractivity contribution in [3.8, 4) is 0 Å². The van der Waals surface area contributed by atoms with Gasteiger partial charge in [-0.15, -0.1) is 0 Å².